The molecule has 0 fully saturated rings. The lowest BCUT2D eigenvalue weighted by atomic mass is 10.3. The lowest BCUT2D eigenvalue weighted by Gasteiger charge is -2.04. The van der Waals surface area contributed by atoms with Crippen molar-refractivity contribution >= 4 is 35.7 Å². The molecule has 1 aromatic rings. The smallest absolute Gasteiger partial charge is 0.225 e. The minimum Gasteiger partial charge on any atom is -0.225 e. The summed E-state index contributed by atoms with van der Waals surface area (Å²) in [5, 5.41) is -0.826. The fourth-order valence-corrected chi connectivity index (χ4v) is 2.02. The van der Waals surface area contributed by atoms with E-state index in [0.717, 1.165) is 0 Å². The summed E-state index contributed by atoms with van der Waals surface area (Å²) in [6.07, 6.45) is -3.15. The van der Waals surface area contributed by atoms with E-state index in [1.54, 1.807) is 0 Å². The molecule has 0 saturated heterocycles. The van der Waals surface area contributed by atoms with Gasteiger partial charge in [-0.3, -0.25) is 0 Å². The molecule has 0 atom stereocenters. The van der Waals surface area contributed by atoms with Gasteiger partial charge < -0.3 is 0 Å². The molecule has 84 valence electrons. The molecule has 1 aromatic heterocycles. The number of hydrogen-bond donors (Lipinski definition) is 0. The van der Waals surface area contributed by atoms with Crippen LogP contribution >= 0.6 is 26.6 Å². The van der Waals surface area contributed by atoms with Crippen LogP contribution in [0.1, 0.15) is 12.0 Å². The Morgan fingerprint density at radius 2 is 2.00 bits per heavy atom. The highest BCUT2D eigenvalue weighted by atomic mass is 79.9. The summed E-state index contributed by atoms with van der Waals surface area (Å²) in [5.41, 5.74) is -1.07. The minimum absolute atomic E-state index is 0.396. The Labute approximate surface area is 95.8 Å². The van der Waals surface area contributed by atoms with Crippen molar-refractivity contribution in [3.8, 4) is 0 Å². The van der Waals surface area contributed by atoms with E-state index in [4.69, 9.17) is 10.7 Å². The lowest BCUT2D eigenvalue weighted by molar-refractivity contribution is 0.145. The quantitative estimate of drug-likeness (QED) is 0.621. The lowest BCUT2D eigenvalue weighted by Crippen LogP contribution is -2.02. The monoisotopic (exact) mass is 323 g/mol. The first-order chi connectivity index (χ1) is 6.73. The number of hydrogen-bond acceptors (Lipinski definition) is 3. The summed E-state index contributed by atoms with van der Waals surface area (Å²) in [5.74, 6) is -1.31. The molecule has 15 heavy (non-hydrogen) atoms. The van der Waals surface area contributed by atoms with Gasteiger partial charge in [0.05, 0.1) is 5.56 Å². The fourth-order valence-electron chi connectivity index (χ4n) is 0.777. The first-order valence-electron chi connectivity index (χ1n) is 3.32. The molecule has 0 aliphatic heterocycles. The largest absolute Gasteiger partial charge is 0.278 e. The predicted molar refractivity (Wildman–Crippen MR) is 49.9 cm³/mol. The predicted octanol–water partition coefficient (Wildman–Crippen LogP) is 2.85. The van der Waals surface area contributed by atoms with Gasteiger partial charge in [-0.05, 0) is 22.0 Å². The van der Waals surface area contributed by atoms with Gasteiger partial charge in [-0.1, -0.05) is 0 Å². The average Bonchev–Trinajstić information content (AvgIpc) is 2.06. The molecule has 1 rings (SSSR count). The van der Waals surface area contributed by atoms with Gasteiger partial charge in [-0.2, -0.15) is 0 Å². The molecule has 0 radical (unpaired) electrons. The van der Waals surface area contributed by atoms with Gasteiger partial charge in [0.2, 0.25) is 0 Å². The van der Waals surface area contributed by atoms with Crippen LogP contribution in [0.15, 0.2) is 15.7 Å². The van der Waals surface area contributed by atoms with Crippen molar-refractivity contribution in [3.05, 3.63) is 22.1 Å². The van der Waals surface area contributed by atoms with Crippen molar-refractivity contribution in [2.24, 2.45) is 0 Å². The molecule has 0 aliphatic rings. The van der Waals surface area contributed by atoms with Crippen LogP contribution in [0.5, 0.6) is 0 Å². The van der Waals surface area contributed by atoms with E-state index < -0.39 is 36.5 Å². The van der Waals surface area contributed by atoms with Crippen molar-refractivity contribution in [2.45, 2.75) is 11.5 Å². The highest BCUT2D eigenvalue weighted by molar-refractivity contribution is 9.10. The Hall–Kier alpha value is -0.340. The molecule has 0 amide bonds. The van der Waals surface area contributed by atoms with Gasteiger partial charge in [-0.25, -0.2) is 26.6 Å². The van der Waals surface area contributed by atoms with Crippen molar-refractivity contribution < 1.29 is 21.6 Å². The third kappa shape index (κ3) is 2.82. The Bertz CT molecular complexity index is 493. The van der Waals surface area contributed by atoms with E-state index in [2.05, 4.69) is 20.9 Å². The molecule has 0 aromatic carbocycles. The molecule has 3 nitrogen and oxygen atoms in total. The van der Waals surface area contributed by atoms with Crippen LogP contribution in [-0.2, 0) is 9.05 Å². The molecule has 0 bridgehead atoms. The molecule has 0 unspecified atom stereocenters. The van der Waals surface area contributed by atoms with Crippen molar-refractivity contribution in [1.82, 2.24) is 4.98 Å². The second-order valence-corrected chi connectivity index (χ2v) is 5.66. The third-order valence-corrected chi connectivity index (χ3v) is 3.12. The topological polar surface area (TPSA) is 47.0 Å². The molecule has 0 aliphatic carbocycles. The number of alkyl halides is 2. The maximum atomic E-state index is 13.0. The number of pyridine rings is 1. The number of aromatic nitrogens is 1. The summed E-state index contributed by atoms with van der Waals surface area (Å²) in [6.45, 7) is 0. The first kappa shape index (κ1) is 12.7. The molecule has 0 N–H and O–H groups in total. The Balaban J connectivity index is 3.50. The van der Waals surface area contributed by atoms with Gasteiger partial charge in [0, 0.05) is 10.7 Å². The SMILES string of the molecule is O=S(=O)(Cl)c1cc(C(F)F)c(F)c(Br)n1. The van der Waals surface area contributed by atoms with Crippen LogP contribution in [0.2, 0.25) is 0 Å². The molecule has 0 spiro atoms. The minimum atomic E-state index is -4.27. The van der Waals surface area contributed by atoms with Crippen LogP contribution in [0.3, 0.4) is 0 Å². The summed E-state index contributed by atoms with van der Waals surface area (Å²) in [4.78, 5) is 3.18. The zero-order chi connectivity index (χ0) is 11.8. The summed E-state index contributed by atoms with van der Waals surface area (Å²) in [7, 11) is 0.614. The van der Waals surface area contributed by atoms with Crippen molar-refractivity contribution in [1.29, 1.82) is 0 Å². The number of halogens is 5. The number of nitrogens with zero attached hydrogens (tertiary/aromatic N) is 1. The number of rotatable bonds is 2. The summed E-state index contributed by atoms with van der Waals surface area (Å²) >= 11 is 2.52. The second kappa shape index (κ2) is 4.26. The van der Waals surface area contributed by atoms with E-state index in [0.29, 0.717) is 6.07 Å². The van der Waals surface area contributed by atoms with E-state index in [9.17, 15) is 21.6 Å². The van der Waals surface area contributed by atoms with Crippen LogP contribution in [0, 0.1) is 5.82 Å². The van der Waals surface area contributed by atoms with Gasteiger partial charge in [0.15, 0.2) is 10.8 Å². The molecular weight excluding hydrogens is 322 g/mol. The van der Waals surface area contributed by atoms with Gasteiger partial charge >= 0.3 is 0 Å². The van der Waals surface area contributed by atoms with Crippen LogP contribution in [-0.4, -0.2) is 13.4 Å². The van der Waals surface area contributed by atoms with E-state index >= 15 is 0 Å². The molecule has 9 heteroatoms. The first-order valence-corrected chi connectivity index (χ1v) is 6.42. The standard InChI is InChI=1S/C6H2BrClF3NO2S/c7-5-4(9)2(6(10)11)1-3(12-5)15(8,13)14/h1,6H. The third-order valence-electron chi connectivity index (χ3n) is 1.41. The second-order valence-electron chi connectivity index (χ2n) is 2.39. The normalized spacial score (nSPS) is 12.1. The van der Waals surface area contributed by atoms with Gasteiger partial charge in [0.1, 0.15) is 4.60 Å². The summed E-state index contributed by atoms with van der Waals surface area (Å²) in [6, 6.07) is 0.396. The van der Waals surface area contributed by atoms with Gasteiger partial charge in [0.25, 0.3) is 15.5 Å². The van der Waals surface area contributed by atoms with E-state index in [1.807, 2.05) is 0 Å². The van der Waals surface area contributed by atoms with Crippen LogP contribution < -0.4 is 0 Å². The molecule has 1 heterocycles. The Morgan fingerprint density at radius 3 is 2.40 bits per heavy atom. The maximum absolute atomic E-state index is 13.0. The fraction of sp³-hybridized carbons (Fsp3) is 0.167. The van der Waals surface area contributed by atoms with Crippen molar-refractivity contribution in [3.63, 3.8) is 0 Å². The van der Waals surface area contributed by atoms with Crippen LogP contribution in [0.4, 0.5) is 13.2 Å². The summed E-state index contributed by atoms with van der Waals surface area (Å²) < 4.78 is 58.4. The average molecular weight is 325 g/mol. The highest BCUT2D eigenvalue weighted by Crippen LogP contribution is 2.29. The molecule has 0 saturated carbocycles. The zero-order valence-electron chi connectivity index (χ0n) is 6.72. The van der Waals surface area contributed by atoms with Crippen molar-refractivity contribution in [2.75, 3.05) is 0 Å². The highest BCUT2D eigenvalue weighted by Gasteiger charge is 2.22. The zero-order valence-corrected chi connectivity index (χ0v) is 9.87. The van der Waals surface area contributed by atoms with Crippen LogP contribution in [0.25, 0.3) is 0 Å². The van der Waals surface area contributed by atoms with Gasteiger partial charge in [-0.15, -0.1) is 0 Å². The Kier molecular flexibility index (Phi) is 3.62. The van der Waals surface area contributed by atoms with E-state index in [1.165, 1.54) is 0 Å². The molecular formula is C6H2BrClF3NO2S. The van der Waals surface area contributed by atoms with E-state index in [-0.39, 0.29) is 0 Å². The Morgan fingerprint density at radius 1 is 1.47 bits per heavy atom. The maximum Gasteiger partial charge on any atom is 0.278 e.